The van der Waals surface area contributed by atoms with E-state index in [2.05, 4.69) is 4.99 Å². The topological polar surface area (TPSA) is 29.4 Å². The summed E-state index contributed by atoms with van der Waals surface area (Å²) in [7, 11) is 0. The first-order valence-electron chi connectivity index (χ1n) is 2.46. The van der Waals surface area contributed by atoms with Gasteiger partial charge in [-0.05, 0) is 19.1 Å². The molecule has 0 aromatic rings. The average molecular weight is 109 g/mol. The van der Waals surface area contributed by atoms with Crippen LogP contribution >= 0.6 is 0 Å². The summed E-state index contributed by atoms with van der Waals surface area (Å²) in [6, 6.07) is 0. The van der Waals surface area contributed by atoms with Gasteiger partial charge in [0.15, 0.2) is 6.29 Å². The zero-order valence-electron chi connectivity index (χ0n) is 4.66. The summed E-state index contributed by atoms with van der Waals surface area (Å²) in [4.78, 5) is 14.0. The van der Waals surface area contributed by atoms with Gasteiger partial charge in [0.1, 0.15) is 5.54 Å². The molecule has 1 atom stereocenters. The van der Waals surface area contributed by atoms with E-state index < -0.39 is 5.54 Å². The van der Waals surface area contributed by atoms with Crippen LogP contribution < -0.4 is 0 Å². The van der Waals surface area contributed by atoms with Crippen LogP contribution in [0.5, 0.6) is 0 Å². The van der Waals surface area contributed by atoms with Crippen molar-refractivity contribution in [3.8, 4) is 0 Å². The van der Waals surface area contributed by atoms with Crippen LogP contribution in [0.1, 0.15) is 6.92 Å². The fourth-order valence-corrected chi connectivity index (χ4v) is 0.554. The molecule has 1 heterocycles. The minimum atomic E-state index is -0.556. The van der Waals surface area contributed by atoms with Gasteiger partial charge in [-0.1, -0.05) is 0 Å². The molecule has 42 valence electrons. The van der Waals surface area contributed by atoms with Crippen LogP contribution in [-0.4, -0.2) is 18.0 Å². The average Bonchev–Trinajstić information content (AvgIpc) is 2.17. The Morgan fingerprint density at radius 1 is 1.75 bits per heavy atom. The Balaban J connectivity index is 2.83. The second-order valence-electron chi connectivity index (χ2n) is 1.98. The molecule has 8 heavy (non-hydrogen) atoms. The zero-order valence-corrected chi connectivity index (χ0v) is 4.66. The van der Waals surface area contributed by atoms with Crippen molar-refractivity contribution in [3.05, 3.63) is 12.2 Å². The minimum Gasteiger partial charge on any atom is -0.300 e. The number of rotatable bonds is 1. The van der Waals surface area contributed by atoms with Crippen LogP contribution in [0, 0.1) is 0 Å². The van der Waals surface area contributed by atoms with Gasteiger partial charge in [0, 0.05) is 6.21 Å². The van der Waals surface area contributed by atoms with E-state index in [-0.39, 0.29) is 0 Å². The second kappa shape index (κ2) is 1.54. The molecule has 1 aliphatic rings. The van der Waals surface area contributed by atoms with E-state index in [0.29, 0.717) is 0 Å². The minimum absolute atomic E-state index is 0.556. The summed E-state index contributed by atoms with van der Waals surface area (Å²) in [5.74, 6) is 0. The van der Waals surface area contributed by atoms with Gasteiger partial charge in [-0.25, -0.2) is 0 Å². The van der Waals surface area contributed by atoms with E-state index in [1.165, 1.54) is 0 Å². The van der Waals surface area contributed by atoms with E-state index in [9.17, 15) is 4.79 Å². The first-order valence-corrected chi connectivity index (χ1v) is 2.46. The van der Waals surface area contributed by atoms with Gasteiger partial charge in [-0.2, -0.15) is 0 Å². The quantitative estimate of drug-likeness (QED) is 0.453. The SMILES string of the molecule is CC1(C=O)C=CC=N1. The lowest BCUT2D eigenvalue weighted by atomic mass is 10.1. The summed E-state index contributed by atoms with van der Waals surface area (Å²) >= 11 is 0. The maximum Gasteiger partial charge on any atom is 0.151 e. The largest absolute Gasteiger partial charge is 0.300 e. The van der Waals surface area contributed by atoms with Gasteiger partial charge in [0.2, 0.25) is 0 Å². The molecule has 0 saturated heterocycles. The highest BCUT2D eigenvalue weighted by Gasteiger charge is 2.18. The summed E-state index contributed by atoms with van der Waals surface area (Å²) in [5.41, 5.74) is -0.556. The van der Waals surface area contributed by atoms with Crippen molar-refractivity contribution in [2.24, 2.45) is 4.99 Å². The third kappa shape index (κ3) is 0.689. The van der Waals surface area contributed by atoms with Gasteiger partial charge in [0.25, 0.3) is 0 Å². The van der Waals surface area contributed by atoms with Crippen LogP contribution in [0.15, 0.2) is 17.1 Å². The highest BCUT2D eigenvalue weighted by molar-refractivity contribution is 5.83. The molecular weight excluding hydrogens is 102 g/mol. The molecule has 1 unspecified atom stereocenters. The van der Waals surface area contributed by atoms with Crippen molar-refractivity contribution in [2.45, 2.75) is 12.5 Å². The molecule has 1 rings (SSSR count). The molecule has 2 nitrogen and oxygen atoms in total. The van der Waals surface area contributed by atoms with E-state index in [0.717, 1.165) is 6.29 Å². The molecular formula is C6H7NO. The Morgan fingerprint density at radius 3 is 2.75 bits per heavy atom. The molecule has 2 heteroatoms. The van der Waals surface area contributed by atoms with E-state index in [1.807, 2.05) is 0 Å². The molecule has 0 N–H and O–H groups in total. The molecule has 1 aliphatic heterocycles. The van der Waals surface area contributed by atoms with Crippen molar-refractivity contribution in [1.82, 2.24) is 0 Å². The molecule has 0 radical (unpaired) electrons. The second-order valence-corrected chi connectivity index (χ2v) is 1.98. The maximum absolute atomic E-state index is 10.2. The Bertz CT molecular complexity index is 146. The fourth-order valence-electron chi connectivity index (χ4n) is 0.554. The first kappa shape index (κ1) is 5.22. The molecule has 0 aromatic carbocycles. The van der Waals surface area contributed by atoms with Gasteiger partial charge in [-0.15, -0.1) is 0 Å². The lowest BCUT2D eigenvalue weighted by molar-refractivity contribution is -0.110. The molecule has 0 aromatic heterocycles. The van der Waals surface area contributed by atoms with Crippen LogP contribution in [0.4, 0.5) is 0 Å². The molecule has 0 aliphatic carbocycles. The van der Waals surface area contributed by atoms with Crippen molar-refractivity contribution in [1.29, 1.82) is 0 Å². The van der Waals surface area contributed by atoms with Gasteiger partial charge < -0.3 is 4.79 Å². The predicted molar refractivity (Wildman–Crippen MR) is 32.1 cm³/mol. The number of hydrogen-bond acceptors (Lipinski definition) is 2. The van der Waals surface area contributed by atoms with E-state index in [4.69, 9.17) is 0 Å². The highest BCUT2D eigenvalue weighted by atomic mass is 16.1. The van der Waals surface area contributed by atoms with Crippen molar-refractivity contribution in [2.75, 3.05) is 0 Å². The van der Waals surface area contributed by atoms with Crippen LogP contribution in [0.3, 0.4) is 0 Å². The molecule has 0 saturated carbocycles. The standard InChI is InChI=1S/C6H7NO/c1-6(5-8)3-2-4-7-6/h2-5H,1H3. The summed E-state index contributed by atoms with van der Waals surface area (Å²) in [6.07, 6.45) is 6.00. The molecule has 0 amide bonds. The van der Waals surface area contributed by atoms with Gasteiger partial charge >= 0.3 is 0 Å². The first-order chi connectivity index (χ1) is 3.77. The van der Waals surface area contributed by atoms with E-state index in [1.54, 1.807) is 25.3 Å². The van der Waals surface area contributed by atoms with Crippen molar-refractivity contribution < 1.29 is 4.79 Å². The van der Waals surface area contributed by atoms with E-state index >= 15 is 0 Å². The third-order valence-electron chi connectivity index (χ3n) is 1.11. The van der Waals surface area contributed by atoms with Crippen LogP contribution in [-0.2, 0) is 4.79 Å². The van der Waals surface area contributed by atoms with Crippen molar-refractivity contribution >= 4 is 12.5 Å². The van der Waals surface area contributed by atoms with Crippen molar-refractivity contribution in [3.63, 3.8) is 0 Å². The fraction of sp³-hybridized carbons (Fsp3) is 0.333. The number of carbonyl (C=O) groups is 1. The third-order valence-corrected chi connectivity index (χ3v) is 1.11. The summed E-state index contributed by atoms with van der Waals surface area (Å²) in [5, 5.41) is 0. The summed E-state index contributed by atoms with van der Waals surface area (Å²) in [6.45, 7) is 1.76. The Hall–Kier alpha value is -0.920. The number of nitrogens with zero attached hydrogens (tertiary/aromatic N) is 1. The number of hydrogen-bond donors (Lipinski definition) is 0. The Kier molecular flexibility index (Phi) is 1.01. The number of aliphatic imine (C=N–C) groups is 1. The lowest BCUT2D eigenvalue weighted by Gasteiger charge is -2.05. The molecule has 0 bridgehead atoms. The Labute approximate surface area is 47.9 Å². The lowest BCUT2D eigenvalue weighted by Crippen LogP contribution is -2.17. The number of allylic oxidation sites excluding steroid dienone is 1. The predicted octanol–water partition coefficient (Wildman–Crippen LogP) is 0.585. The van der Waals surface area contributed by atoms with Gasteiger partial charge in [-0.3, -0.25) is 4.99 Å². The monoisotopic (exact) mass is 109 g/mol. The number of carbonyl (C=O) groups excluding carboxylic acids is 1. The highest BCUT2D eigenvalue weighted by Crippen LogP contribution is 2.11. The maximum atomic E-state index is 10.2. The van der Waals surface area contributed by atoms with Crippen LogP contribution in [0.2, 0.25) is 0 Å². The van der Waals surface area contributed by atoms with Crippen LogP contribution in [0.25, 0.3) is 0 Å². The Morgan fingerprint density at radius 2 is 2.50 bits per heavy atom. The zero-order chi connectivity index (χ0) is 6.04. The normalized spacial score (nSPS) is 33.6. The number of aldehydes is 1. The van der Waals surface area contributed by atoms with Gasteiger partial charge in [0.05, 0.1) is 0 Å². The molecule has 0 fully saturated rings. The summed E-state index contributed by atoms with van der Waals surface area (Å²) < 4.78 is 0. The smallest absolute Gasteiger partial charge is 0.151 e. The molecule has 0 spiro atoms.